The van der Waals surface area contributed by atoms with Gasteiger partial charge < -0.3 is 10.4 Å². The molecular formula is C16H17F3N2O2. The number of hydrogen-bond acceptors (Lipinski definition) is 3. The van der Waals surface area contributed by atoms with Gasteiger partial charge in [-0.3, -0.25) is 0 Å². The minimum atomic E-state index is -4.53. The second kappa shape index (κ2) is 10.1. The van der Waals surface area contributed by atoms with Crippen LogP contribution in [0.15, 0.2) is 53.8 Å². The molecule has 7 heteroatoms. The van der Waals surface area contributed by atoms with E-state index in [-0.39, 0.29) is 6.42 Å². The van der Waals surface area contributed by atoms with Crippen LogP contribution in [0, 0.1) is 11.3 Å². The van der Waals surface area contributed by atoms with Gasteiger partial charge in [0.2, 0.25) is 0 Å². The highest BCUT2D eigenvalue weighted by Gasteiger charge is 2.32. The molecule has 0 amide bonds. The minimum absolute atomic E-state index is 0.182. The van der Waals surface area contributed by atoms with Gasteiger partial charge in [-0.25, -0.2) is 4.79 Å². The van der Waals surface area contributed by atoms with Gasteiger partial charge in [-0.2, -0.15) is 18.4 Å². The summed E-state index contributed by atoms with van der Waals surface area (Å²) in [5.41, 5.74) is -0.740. The first kappa shape index (κ1) is 20.2. The van der Waals surface area contributed by atoms with E-state index < -0.39 is 23.4 Å². The lowest BCUT2D eigenvalue weighted by Crippen LogP contribution is -2.18. The molecule has 0 heterocycles. The van der Waals surface area contributed by atoms with Crippen LogP contribution in [0.5, 0.6) is 0 Å². The van der Waals surface area contributed by atoms with Crippen LogP contribution >= 0.6 is 0 Å². The van der Waals surface area contributed by atoms with Crippen LogP contribution in [0.4, 0.5) is 13.2 Å². The normalized spacial score (nSPS) is 11.8. The number of carboxylic acids is 1. The third-order valence-electron chi connectivity index (χ3n) is 2.45. The Kier molecular flexibility index (Phi) is 8.85. The van der Waals surface area contributed by atoms with E-state index in [1.807, 2.05) is 24.3 Å². The Morgan fingerprint density at radius 2 is 1.91 bits per heavy atom. The van der Waals surface area contributed by atoms with Crippen LogP contribution in [-0.2, 0) is 4.79 Å². The zero-order valence-corrected chi connectivity index (χ0v) is 12.7. The highest BCUT2D eigenvalue weighted by molar-refractivity contribution is 5.86. The molecule has 0 aliphatic carbocycles. The van der Waals surface area contributed by atoms with E-state index in [4.69, 9.17) is 10.4 Å². The summed E-state index contributed by atoms with van der Waals surface area (Å²) in [6.45, 7) is 1.54. The standard InChI is InChI=1S/C9H12F3NO2.C7H5N/c1-3-4-6(9(10,11)12)5-7(13-2)8(14)15;8-6-7-4-2-1-3-5-7/h4-5,13H,3H2,1-2H3,(H,14,15);1-5H/b6-4-,7-5-;. The molecule has 2 N–H and O–H groups in total. The molecule has 0 aliphatic rings. The Morgan fingerprint density at radius 3 is 2.22 bits per heavy atom. The summed E-state index contributed by atoms with van der Waals surface area (Å²) in [5, 5.41) is 19.0. The lowest BCUT2D eigenvalue weighted by atomic mass is 10.2. The molecular weight excluding hydrogens is 309 g/mol. The highest BCUT2D eigenvalue weighted by atomic mass is 19.4. The lowest BCUT2D eigenvalue weighted by molar-refractivity contribution is -0.133. The summed E-state index contributed by atoms with van der Waals surface area (Å²) >= 11 is 0. The molecule has 1 aromatic carbocycles. The number of hydrogen-bond donors (Lipinski definition) is 2. The summed E-state index contributed by atoms with van der Waals surface area (Å²) in [7, 11) is 1.25. The Morgan fingerprint density at radius 1 is 1.35 bits per heavy atom. The van der Waals surface area contributed by atoms with Crippen molar-refractivity contribution in [2.75, 3.05) is 7.05 Å². The van der Waals surface area contributed by atoms with Crippen LogP contribution < -0.4 is 5.32 Å². The number of nitrogens with zero attached hydrogens (tertiary/aromatic N) is 1. The Hall–Kier alpha value is -2.75. The SMILES string of the molecule is CC/C=C(/C=C(\NC)C(=O)O)C(F)(F)F.N#Cc1ccccc1. The van der Waals surface area contributed by atoms with Gasteiger partial charge in [0.05, 0.1) is 17.2 Å². The Labute approximate surface area is 132 Å². The number of likely N-dealkylation sites (N-methyl/N-ethyl adjacent to an activating group) is 1. The van der Waals surface area contributed by atoms with Crippen LogP contribution in [0.3, 0.4) is 0 Å². The first-order valence-electron chi connectivity index (χ1n) is 6.61. The molecule has 0 spiro atoms. The van der Waals surface area contributed by atoms with Crippen molar-refractivity contribution in [3.05, 3.63) is 59.3 Å². The van der Waals surface area contributed by atoms with Crippen LogP contribution in [0.2, 0.25) is 0 Å². The predicted octanol–water partition coefficient (Wildman–Crippen LogP) is 3.63. The second-order valence-corrected chi connectivity index (χ2v) is 4.16. The van der Waals surface area contributed by atoms with Gasteiger partial charge in [0.1, 0.15) is 5.70 Å². The smallest absolute Gasteiger partial charge is 0.416 e. The maximum absolute atomic E-state index is 12.3. The monoisotopic (exact) mass is 326 g/mol. The first-order valence-corrected chi connectivity index (χ1v) is 6.61. The average molecular weight is 326 g/mol. The van der Waals surface area contributed by atoms with Crippen molar-refractivity contribution in [2.45, 2.75) is 19.5 Å². The van der Waals surface area contributed by atoms with Crippen molar-refractivity contribution in [3.8, 4) is 6.07 Å². The molecule has 0 aliphatic heterocycles. The Bertz CT molecular complexity index is 600. The fourth-order valence-electron chi connectivity index (χ4n) is 1.39. The average Bonchev–Trinajstić information content (AvgIpc) is 2.51. The molecule has 0 aromatic heterocycles. The number of rotatable bonds is 4. The van der Waals surface area contributed by atoms with E-state index in [1.165, 1.54) is 7.05 Å². The predicted molar refractivity (Wildman–Crippen MR) is 80.4 cm³/mol. The van der Waals surface area contributed by atoms with Crippen molar-refractivity contribution in [1.82, 2.24) is 5.32 Å². The molecule has 0 saturated heterocycles. The number of nitrogens with one attached hydrogen (secondary N) is 1. The number of allylic oxidation sites excluding steroid dienone is 3. The number of aliphatic carboxylic acids is 1. The zero-order valence-electron chi connectivity index (χ0n) is 12.7. The van der Waals surface area contributed by atoms with E-state index >= 15 is 0 Å². The van der Waals surface area contributed by atoms with E-state index in [0.29, 0.717) is 11.6 Å². The van der Waals surface area contributed by atoms with Gasteiger partial charge in [-0.05, 0) is 24.6 Å². The Balaban J connectivity index is 0.000000502. The van der Waals surface area contributed by atoms with Crippen LogP contribution in [-0.4, -0.2) is 24.3 Å². The summed E-state index contributed by atoms with van der Waals surface area (Å²) in [5.74, 6) is -1.43. The molecule has 0 bridgehead atoms. The highest BCUT2D eigenvalue weighted by Crippen LogP contribution is 2.27. The third kappa shape index (κ3) is 8.31. The summed E-state index contributed by atoms with van der Waals surface area (Å²) < 4.78 is 37.0. The molecule has 4 nitrogen and oxygen atoms in total. The van der Waals surface area contributed by atoms with Gasteiger partial charge in [0, 0.05) is 7.05 Å². The number of carbonyl (C=O) groups is 1. The van der Waals surface area contributed by atoms with Crippen LogP contribution in [0.1, 0.15) is 18.9 Å². The van der Waals surface area contributed by atoms with E-state index in [2.05, 4.69) is 5.32 Å². The maximum Gasteiger partial charge on any atom is 0.416 e. The lowest BCUT2D eigenvalue weighted by Gasteiger charge is -2.09. The topological polar surface area (TPSA) is 73.1 Å². The van der Waals surface area contributed by atoms with Gasteiger partial charge in [0.25, 0.3) is 0 Å². The van der Waals surface area contributed by atoms with E-state index in [9.17, 15) is 18.0 Å². The molecule has 23 heavy (non-hydrogen) atoms. The largest absolute Gasteiger partial charge is 0.477 e. The molecule has 0 saturated carbocycles. The maximum atomic E-state index is 12.3. The van der Waals surface area contributed by atoms with Gasteiger partial charge >= 0.3 is 12.1 Å². The third-order valence-corrected chi connectivity index (χ3v) is 2.45. The van der Waals surface area contributed by atoms with E-state index in [1.54, 1.807) is 19.1 Å². The molecule has 0 unspecified atom stereocenters. The number of carboxylic acid groups (broad SMARTS) is 1. The quantitative estimate of drug-likeness (QED) is 0.654. The molecule has 0 atom stereocenters. The fraction of sp³-hybridized carbons (Fsp3) is 0.250. The molecule has 0 radical (unpaired) electrons. The first-order chi connectivity index (χ1) is 10.8. The second-order valence-electron chi connectivity index (χ2n) is 4.16. The molecule has 1 aromatic rings. The van der Waals surface area contributed by atoms with Crippen molar-refractivity contribution in [1.29, 1.82) is 5.26 Å². The fourth-order valence-corrected chi connectivity index (χ4v) is 1.39. The molecule has 0 fully saturated rings. The number of alkyl halides is 3. The van der Waals surface area contributed by atoms with E-state index in [0.717, 1.165) is 6.08 Å². The number of benzene rings is 1. The summed E-state index contributed by atoms with van der Waals surface area (Å²) in [6.07, 6.45) is -2.85. The zero-order chi connectivity index (χ0) is 17.9. The minimum Gasteiger partial charge on any atom is -0.477 e. The van der Waals surface area contributed by atoms with Crippen molar-refractivity contribution >= 4 is 5.97 Å². The van der Waals surface area contributed by atoms with Gasteiger partial charge in [0.15, 0.2) is 0 Å². The van der Waals surface area contributed by atoms with Gasteiger partial charge in [-0.1, -0.05) is 31.2 Å². The van der Waals surface area contributed by atoms with Crippen molar-refractivity contribution < 1.29 is 23.1 Å². The van der Waals surface area contributed by atoms with Crippen molar-refractivity contribution in [2.24, 2.45) is 0 Å². The summed E-state index contributed by atoms with van der Waals surface area (Å²) in [6, 6.07) is 11.2. The van der Waals surface area contributed by atoms with Gasteiger partial charge in [-0.15, -0.1) is 0 Å². The number of halogens is 3. The van der Waals surface area contributed by atoms with Crippen LogP contribution in [0.25, 0.3) is 0 Å². The van der Waals surface area contributed by atoms with Crippen molar-refractivity contribution in [3.63, 3.8) is 0 Å². The summed E-state index contributed by atoms with van der Waals surface area (Å²) in [4.78, 5) is 10.5. The number of nitriles is 1. The molecule has 124 valence electrons. The molecule has 1 rings (SSSR count).